The van der Waals surface area contributed by atoms with E-state index in [2.05, 4.69) is 10.5 Å². The molecule has 1 N–H and O–H groups in total. The van der Waals surface area contributed by atoms with Crippen molar-refractivity contribution in [2.24, 2.45) is 0 Å². The van der Waals surface area contributed by atoms with Crippen LogP contribution in [0.25, 0.3) is 0 Å². The van der Waals surface area contributed by atoms with E-state index >= 15 is 0 Å². The van der Waals surface area contributed by atoms with Gasteiger partial charge in [-0.15, -0.1) is 0 Å². The van der Waals surface area contributed by atoms with Crippen LogP contribution in [0, 0.1) is 6.92 Å². The molecule has 0 aliphatic heterocycles. The molecule has 1 aromatic heterocycles. The minimum atomic E-state index is -4.35. The van der Waals surface area contributed by atoms with Crippen LogP contribution in [0.15, 0.2) is 65.2 Å². The second kappa shape index (κ2) is 9.68. The van der Waals surface area contributed by atoms with Crippen molar-refractivity contribution in [1.82, 2.24) is 10.5 Å². The van der Waals surface area contributed by atoms with E-state index in [1.165, 1.54) is 12.1 Å². The van der Waals surface area contributed by atoms with Gasteiger partial charge in [0.05, 0.1) is 11.3 Å². The summed E-state index contributed by atoms with van der Waals surface area (Å²) in [6, 6.07) is 15.6. The molecule has 5 nitrogen and oxygen atoms in total. The summed E-state index contributed by atoms with van der Waals surface area (Å²) < 4.78 is 43.7. The predicted molar refractivity (Wildman–Crippen MR) is 112 cm³/mol. The van der Waals surface area contributed by atoms with Crippen LogP contribution in [0.2, 0.25) is 0 Å². The Kier molecular flexibility index (Phi) is 6.99. The number of benzene rings is 2. The van der Waals surface area contributed by atoms with E-state index in [1.807, 2.05) is 35.2 Å². The molecule has 0 saturated carbocycles. The van der Waals surface area contributed by atoms with Gasteiger partial charge in [0.2, 0.25) is 11.8 Å². The summed E-state index contributed by atoms with van der Waals surface area (Å²) in [5.41, 5.74) is 1.61. The highest BCUT2D eigenvalue weighted by atomic mass is 19.4. The first kappa shape index (κ1) is 22.4. The van der Waals surface area contributed by atoms with Crippen LogP contribution in [-0.4, -0.2) is 24.7 Å². The third-order valence-corrected chi connectivity index (χ3v) is 4.97. The molecule has 1 unspecified atom stereocenters. The average molecular weight is 431 g/mol. The van der Waals surface area contributed by atoms with Gasteiger partial charge in [-0.25, -0.2) is 0 Å². The second-order valence-electron chi connectivity index (χ2n) is 7.23. The van der Waals surface area contributed by atoms with Crippen molar-refractivity contribution in [3.63, 3.8) is 0 Å². The summed E-state index contributed by atoms with van der Waals surface area (Å²) >= 11 is 0. The molecule has 164 valence electrons. The molecule has 1 heterocycles. The van der Waals surface area contributed by atoms with E-state index < -0.39 is 17.8 Å². The number of nitrogens with one attached hydrogen (secondary N) is 1. The molecule has 0 radical (unpaired) electrons. The lowest BCUT2D eigenvalue weighted by molar-refractivity contribution is -0.137. The number of likely N-dealkylation sites (N-methyl/N-ethyl adjacent to an activating group) is 1. The van der Waals surface area contributed by atoms with Crippen LogP contribution in [0.5, 0.6) is 0 Å². The molecule has 0 fully saturated rings. The van der Waals surface area contributed by atoms with Crippen LogP contribution >= 0.6 is 0 Å². The minimum Gasteiger partial charge on any atom is -0.357 e. The molecule has 0 aliphatic carbocycles. The fraction of sp³-hybridized carbons (Fsp3) is 0.304. The molecule has 0 aliphatic rings. The van der Waals surface area contributed by atoms with Gasteiger partial charge in [0.15, 0.2) is 0 Å². The van der Waals surface area contributed by atoms with Crippen LogP contribution < -0.4 is 10.2 Å². The van der Waals surface area contributed by atoms with Gasteiger partial charge in [-0.1, -0.05) is 47.6 Å². The first-order valence-corrected chi connectivity index (χ1v) is 9.92. The van der Waals surface area contributed by atoms with E-state index in [0.29, 0.717) is 31.0 Å². The molecule has 3 rings (SSSR count). The second-order valence-corrected chi connectivity index (χ2v) is 7.23. The molecular weight excluding hydrogens is 407 g/mol. The highest BCUT2D eigenvalue weighted by molar-refractivity contribution is 5.86. The van der Waals surface area contributed by atoms with Gasteiger partial charge in [-0.05, 0) is 43.0 Å². The van der Waals surface area contributed by atoms with Gasteiger partial charge in [0, 0.05) is 19.7 Å². The van der Waals surface area contributed by atoms with Crippen molar-refractivity contribution >= 4 is 11.8 Å². The molecule has 1 atom stereocenters. The standard InChI is InChI=1S/C23H24F3N3O2/c1-16-15-20(31-28-16)29(21(22(30)27-2)18-8-4-3-5-9-18)14-6-7-17-10-12-19(13-11-17)23(24,25)26/h3-5,8-13,15,21H,6-7,14H2,1-2H3,(H,27,30). The Morgan fingerprint density at radius 3 is 2.35 bits per heavy atom. The number of amides is 1. The predicted octanol–water partition coefficient (Wildman–Crippen LogP) is 4.93. The molecule has 0 bridgehead atoms. The molecule has 0 saturated heterocycles. The topological polar surface area (TPSA) is 58.4 Å². The Labute approximate surface area is 178 Å². The lowest BCUT2D eigenvalue weighted by Crippen LogP contribution is -2.40. The van der Waals surface area contributed by atoms with Crippen molar-refractivity contribution in [2.75, 3.05) is 18.5 Å². The zero-order valence-electron chi connectivity index (χ0n) is 17.3. The maximum Gasteiger partial charge on any atom is 0.416 e. The highest BCUT2D eigenvalue weighted by Gasteiger charge is 2.31. The Morgan fingerprint density at radius 1 is 1.13 bits per heavy atom. The van der Waals surface area contributed by atoms with Gasteiger partial charge < -0.3 is 14.7 Å². The monoisotopic (exact) mass is 431 g/mol. The van der Waals surface area contributed by atoms with Crippen molar-refractivity contribution in [3.05, 3.63) is 83.0 Å². The van der Waals surface area contributed by atoms with Crippen LogP contribution in [0.3, 0.4) is 0 Å². The van der Waals surface area contributed by atoms with E-state index in [-0.39, 0.29) is 5.91 Å². The Hall–Kier alpha value is -3.29. The fourth-order valence-electron chi connectivity index (χ4n) is 3.41. The number of halogens is 3. The summed E-state index contributed by atoms with van der Waals surface area (Å²) in [6.07, 6.45) is -3.20. The number of nitrogens with zero attached hydrogens (tertiary/aromatic N) is 2. The first-order valence-electron chi connectivity index (χ1n) is 9.92. The number of alkyl halides is 3. The largest absolute Gasteiger partial charge is 0.416 e. The quantitative estimate of drug-likeness (QED) is 0.550. The van der Waals surface area contributed by atoms with E-state index in [4.69, 9.17) is 4.52 Å². The first-order chi connectivity index (χ1) is 14.8. The fourth-order valence-corrected chi connectivity index (χ4v) is 3.41. The lowest BCUT2D eigenvalue weighted by atomic mass is 10.0. The highest BCUT2D eigenvalue weighted by Crippen LogP contribution is 2.30. The van der Waals surface area contributed by atoms with Crippen molar-refractivity contribution in [3.8, 4) is 0 Å². The molecule has 31 heavy (non-hydrogen) atoms. The number of aryl methyl sites for hydroxylation is 2. The maximum atomic E-state index is 12.8. The number of hydrogen-bond donors (Lipinski definition) is 1. The Morgan fingerprint density at radius 2 is 1.81 bits per heavy atom. The van der Waals surface area contributed by atoms with Crippen LogP contribution in [0.1, 0.15) is 34.8 Å². The van der Waals surface area contributed by atoms with Gasteiger partial charge in [-0.3, -0.25) is 4.79 Å². The van der Waals surface area contributed by atoms with Crippen LogP contribution in [0.4, 0.5) is 19.1 Å². The molecular formula is C23H24F3N3O2. The number of aromatic nitrogens is 1. The third kappa shape index (κ3) is 5.65. The van der Waals surface area contributed by atoms with Crippen molar-refractivity contribution in [2.45, 2.75) is 32.0 Å². The Balaban J connectivity index is 1.80. The van der Waals surface area contributed by atoms with Gasteiger partial charge in [0.25, 0.3) is 0 Å². The van der Waals surface area contributed by atoms with E-state index in [9.17, 15) is 18.0 Å². The number of carbonyl (C=O) groups is 1. The molecule has 8 heteroatoms. The van der Waals surface area contributed by atoms with E-state index in [1.54, 1.807) is 20.0 Å². The SMILES string of the molecule is CNC(=O)C(c1ccccc1)N(CCCc1ccc(C(F)(F)F)cc1)c1cc(C)no1. The molecule has 1 amide bonds. The van der Waals surface area contributed by atoms with Gasteiger partial charge >= 0.3 is 6.18 Å². The molecule has 0 spiro atoms. The zero-order valence-corrected chi connectivity index (χ0v) is 17.3. The van der Waals surface area contributed by atoms with Crippen molar-refractivity contribution in [1.29, 1.82) is 0 Å². The molecule has 2 aromatic carbocycles. The van der Waals surface area contributed by atoms with Gasteiger partial charge in [0.1, 0.15) is 6.04 Å². The summed E-state index contributed by atoms with van der Waals surface area (Å²) in [5.74, 6) is 0.261. The normalized spacial score (nSPS) is 12.4. The summed E-state index contributed by atoms with van der Waals surface area (Å²) in [6.45, 7) is 2.24. The number of rotatable bonds is 8. The summed E-state index contributed by atoms with van der Waals surface area (Å²) in [5, 5.41) is 6.64. The minimum absolute atomic E-state index is 0.199. The number of carbonyl (C=O) groups excluding carboxylic acids is 1. The Bertz CT molecular complexity index is 985. The van der Waals surface area contributed by atoms with Crippen molar-refractivity contribution < 1.29 is 22.5 Å². The third-order valence-electron chi connectivity index (χ3n) is 4.97. The average Bonchev–Trinajstić information content (AvgIpc) is 3.19. The van der Waals surface area contributed by atoms with Gasteiger partial charge in [-0.2, -0.15) is 13.2 Å². The number of hydrogen-bond acceptors (Lipinski definition) is 4. The van der Waals surface area contributed by atoms with E-state index in [0.717, 1.165) is 23.3 Å². The van der Waals surface area contributed by atoms with Crippen LogP contribution in [-0.2, 0) is 17.4 Å². The smallest absolute Gasteiger partial charge is 0.357 e. The zero-order chi connectivity index (χ0) is 22.4. The number of anilines is 1. The summed E-state index contributed by atoms with van der Waals surface area (Å²) in [4.78, 5) is 14.6. The molecule has 3 aromatic rings. The lowest BCUT2D eigenvalue weighted by Gasteiger charge is -2.30. The summed E-state index contributed by atoms with van der Waals surface area (Å²) in [7, 11) is 1.57. The maximum absolute atomic E-state index is 12.8.